The quantitative estimate of drug-likeness (QED) is 0.573. The van der Waals surface area contributed by atoms with Gasteiger partial charge in [0.15, 0.2) is 0 Å². The second-order valence-electron chi connectivity index (χ2n) is 7.74. The number of carbonyl (C=O) groups excluding carboxylic acids is 1. The lowest BCUT2D eigenvalue weighted by Gasteiger charge is -2.11. The number of aromatic nitrogens is 3. The number of nitrogens with zero attached hydrogens (tertiary/aromatic N) is 3. The standard InChI is InChI=1S/C23H22N4O2/c1-15-6-2-3-7-16(15)13-26-20-9-5-4-8-18(20)19-12-24-27(23(29)22(19)26)14-21(28)25-17-10-11-17/h2-9,12,17H,10-11,13-14H2,1H3,(H,25,28). The fraction of sp³-hybridized carbons (Fsp3) is 0.261. The first-order chi connectivity index (χ1) is 14.1. The molecule has 1 amide bonds. The molecule has 0 aliphatic heterocycles. The van der Waals surface area contributed by atoms with Crippen molar-refractivity contribution in [3.63, 3.8) is 0 Å². The second-order valence-corrected chi connectivity index (χ2v) is 7.74. The normalized spacial score (nSPS) is 13.8. The van der Waals surface area contributed by atoms with Crippen LogP contribution in [0.1, 0.15) is 24.0 Å². The molecule has 5 rings (SSSR count). The first kappa shape index (κ1) is 17.7. The van der Waals surface area contributed by atoms with E-state index in [4.69, 9.17) is 0 Å². The summed E-state index contributed by atoms with van der Waals surface area (Å²) in [6, 6.07) is 16.4. The van der Waals surface area contributed by atoms with Gasteiger partial charge in [-0.3, -0.25) is 9.59 Å². The third-order valence-corrected chi connectivity index (χ3v) is 5.60. The molecule has 1 saturated carbocycles. The molecule has 2 heterocycles. The van der Waals surface area contributed by atoms with Gasteiger partial charge in [-0.25, -0.2) is 4.68 Å². The zero-order valence-electron chi connectivity index (χ0n) is 16.3. The fourth-order valence-electron chi connectivity index (χ4n) is 3.87. The van der Waals surface area contributed by atoms with Gasteiger partial charge in [-0.05, 0) is 37.0 Å². The number of hydrogen-bond acceptors (Lipinski definition) is 3. The van der Waals surface area contributed by atoms with Crippen LogP contribution < -0.4 is 10.9 Å². The van der Waals surface area contributed by atoms with E-state index in [1.54, 1.807) is 6.20 Å². The minimum atomic E-state index is -0.238. The van der Waals surface area contributed by atoms with Crippen molar-refractivity contribution in [1.82, 2.24) is 19.7 Å². The van der Waals surface area contributed by atoms with E-state index in [1.807, 2.05) is 41.0 Å². The Bertz CT molecular complexity index is 1300. The van der Waals surface area contributed by atoms with Crippen LogP contribution in [0.5, 0.6) is 0 Å². The third-order valence-electron chi connectivity index (χ3n) is 5.60. The van der Waals surface area contributed by atoms with Crippen molar-refractivity contribution >= 4 is 27.7 Å². The number of carbonyl (C=O) groups is 1. The summed E-state index contributed by atoms with van der Waals surface area (Å²) in [4.78, 5) is 25.6. The topological polar surface area (TPSA) is 68.9 Å². The van der Waals surface area contributed by atoms with Crippen molar-refractivity contribution in [3.8, 4) is 0 Å². The molecule has 1 aliphatic carbocycles. The molecule has 6 nitrogen and oxygen atoms in total. The van der Waals surface area contributed by atoms with Crippen LogP contribution in [0.2, 0.25) is 0 Å². The van der Waals surface area contributed by atoms with Crippen molar-refractivity contribution in [2.45, 2.75) is 38.9 Å². The summed E-state index contributed by atoms with van der Waals surface area (Å²) in [5, 5.41) is 9.03. The number of rotatable bonds is 5. The van der Waals surface area contributed by atoms with Gasteiger partial charge in [0.1, 0.15) is 12.1 Å². The van der Waals surface area contributed by atoms with E-state index < -0.39 is 0 Å². The molecule has 2 aromatic carbocycles. The number of benzene rings is 2. The summed E-state index contributed by atoms with van der Waals surface area (Å²) < 4.78 is 3.32. The van der Waals surface area contributed by atoms with E-state index in [9.17, 15) is 9.59 Å². The van der Waals surface area contributed by atoms with Crippen LogP contribution in [0.25, 0.3) is 21.8 Å². The molecule has 4 aromatic rings. The number of amides is 1. The third kappa shape index (κ3) is 3.20. The van der Waals surface area contributed by atoms with Crippen LogP contribution in [0.4, 0.5) is 0 Å². The molecule has 0 atom stereocenters. The van der Waals surface area contributed by atoms with E-state index in [1.165, 1.54) is 10.2 Å². The molecule has 0 radical (unpaired) electrons. The van der Waals surface area contributed by atoms with E-state index in [0.29, 0.717) is 12.1 Å². The number of nitrogens with one attached hydrogen (secondary N) is 1. The number of para-hydroxylation sites is 1. The zero-order valence-corrected chi connectivity index (χ0v) is 16.3. The highest BCUT2D eigenvalue weighted by Gasteiger charge is 2.24. The minimum Gasteiger partial charge on any atom is -0.352 e. The van der Waals surface area contributed by atoms with Crippen LogP contribution in [-0.2, 0) is 17.9 Å². The maximum Gasteiger partial charge on any atom is 0.291 e. The number of fused-ring (bicyclic) bond motifs is 3. The Hall–Kier alpha value is -3.41. The molecule has 2 aromatic heterocycles. The Morgan fingerprint density at radius 1 is 1.10 bits per heavy atom. The lowest BCUT2D eigenvalue weighted by Crippen LogP contribution is -2.35. The molecule has 6 heteroatoms. The maximum atomic E-state index is 13.3. The van der Waals surface area contributed by atoms with Crippen molar-refractivity contribution in [1.29, 1.82) is 0 Å². The van der Waals surface area contributed by atoms with Gasteiger partial charge in [0, 0.05) is 28.9 Å². The molecule has 0 saturated heterocycles. The summed E-state index contributed by atoms with van der Waals surface area (Å²) in [6.45, 7) is 2.60. The van der Waals surface area contributed by atoms with Crippen LogP contribution in [0, 0.1) is 6.92 Å². The first-order valence-electron chi connectivity index (χ1n) is 9.93. The average molecular weight is 386 g/mol. The van der Waals surface area contributed by atoms with E-state index >= 15 is 0 Å². The fourth-order valence-corrected chi connectivity index (χ4v) is 3.87. The van der Waals surface area contributed by atoms with Gasteiger partial charge in [0.25, 0.3) is 5.56 Å². The molecule has 0 unspecified atom stereocenters. The van der Waals surface area contributed by atoms with Crippen molar-refractivity contribution in [2.75, 3.05) is 0 Å². The molecule has 1 N–H and O–H groups in total. The van der Waals surface area contributed by atoms with Gasteiger partial charge in [-0.15, -0.1) is 0 Å². The van der Waals surface area contributed by atoms with Gasteiger partial charge < -0.3 is 9.88 Å². The van der Waals surface area contributed by atoms with Gasteiger partial charge >= 0.3 is 0 Å². The van der Waals surface area contributed by atoms with E-state index in [2.05, 4.69) is 29.5 Å². The van der Waals surface area contributed by atoms with Gasteiger partial charge in [-0.2, -0.15) is 5.10 Å². The molecular formula is C23H22N4O2. The van der Waals surface area contributed by atoms with Crippen LogP contribution in [0.3, 0.4) is 0 Å². The average Bonchev–Trinajstić information content (AvgIpc) is 3.47. The predicted octanol–water partition coefficient (Wildman–Crippen LogP) is 2.99. The number of aryl methyl sites for hydroxylation is 1. The van der Waals surface area contributed by atoms with Crippen LogP contribution in [0.15, 0.2) is 59.5 Å². The smallest absolute Gasteiger partial charge is 0.291 e. The summed E-state index contributed by atoms with van der Waals surface area (Å²) in [5.74, 6) is -0.164. The van der Waals surface area contributed by atoms with Crippen LogP contribution >= 0.6 is 0 Å². The number of hydrogen-bond donors (Lipinski definition) is 1. The zero-order chi connectivity index (χ0) is 20.0. The van der Waals surface area contributed by atoms with Crippen LogP contribution in [-0.4, -0.2) is 26.3 Å². The summed E-state index contributed by atoms with van der Waals surface area (Å²) in [7, 11) is 0. The van der Waals surface area contributed by atoms with Gasteiger partial charge in [-0.1, -0.05) is 42.5 Å². The first-order valence-corrected chi connectivity index (χ1v) is 9.93. The monoisotopic (exact) mass is 386 g/mol. The molecule has 29 heavy (non-hydrogen) atoms. The Kier molecular flexibility index (Phi) is 4.19. The second kappa shape index (κ2) is 6.88. The van der Waals surface area contributed by atoms with Crippen molar-refractivity contribution < 1.29 is 4.79 Å². The Labute approximate surface area is 167 Å². The summed E-state index contributed by atoms with van der Waals surface area (Å²) in [5.41, 5.74) is 3.67. The Morgan fingerprint density at radius 3 is 2.66 bits per heavy atom. The minimum absolute atomic E-state index is 0.0584. The van der Waals surface area contributed by atoms with E-state index in [-0.39, 0.29) is 24.1 Å². The summed E-state index contributed by atoms with van der Waals surface area (Å²) in [6.07, 6.45) is 3.73. The van der Waals surface area contributed by atoms with Gasteiger partial charge in [0.2, 0.25) is 5.91 Å². The molecule has 1 fully saturated rings. The Balaban J connectivity index is 1.66. The highest BCUT2D eigenvalue weighted by molar-refractivity contribution is 6.07. The lowest BCUT2D eigenvalue weighted by molar-refractivity contribution is -0.122. The largest absolute Gasteiger partial charge is 0.352 e. The highest BCUT2D eigenvalue weighted by atomic mass is 16.2. The van der Waals surface area contributed by atoms with Gasteiger partial charge in [0.05, 0.1) is 6.20 Å². The molecular weight excluding hydrogens is 364 g/mol. The summed E-state index contributed by atoms with van der Waals surface area (Å²) >= 11 is 0. The lowest BCUT2D eigenvalue weighted by atomic mass is 10.1. The predicted molar refractivity (Wildman–Crippen MR) is 113 cm³/mol. The maximum absolute atomic E-state index is 13.3. The molecule has 146 valence electrons. The molecule has 0 spiro atoms. The Morgan fingerprint density at radius 2 is 1.86 bits per heavy atom. The van der Waals surface area contributed by atoms with Crippen molar-refractivity contribution in [3.05, 3.63) is 76.2 Å². The van der Waals surface area contributed by atoms with E-state index in [0.717, 1.165) is 34.7 Å². The van der Waals surface area contributed by atoms with Crippen molar-refractivity contribution in [2.24, 2.45) is 0 Å². The molecule has 1 aliphatic rings. The highest BCUT2D eigenvalue weighted by Crippen LogP contribution is 2.27. The molecule has 0 bridgehead atoms. The SMILES string of the molecule is Cc1ccccc1Cn1c2ccccc2c2cnn(CC(=O)NC3CC3)c(=O)c21.